The number of rotatable bonds is 4. The smallest absolute Gasteiger partial charge is 0.433 e. The highest BCUT2D eigenvalue weighted by Gasteiger charge is 2.32. The number of alkyl halides is 3. The Bertz CT molecular complexity index is 1060. The van der Waals surface area contributed by atoms with E-state index in [1.54, 1.807) is 13.0 Å². The highest BCUT2D eigenvalue weighted by atomic mass is 32.1. The number of fused-ring (bicyclic) bond motifs is 1. The van der Waals surface area contributed by atoms with Crippen molar-refractivity contribution in [3.05, 3.63) is 51.9 Å². The Kier molecular flexibility index (Phi) is 5.29. The van der Waals surface area contributed by atoms with Gasteiger partial charge in [-0.15, -0.1) is 11.3 Å². The summed E-state index contributed by atoms with van der Waals surface area (Å²) in [5.74, 6) is -0.776. The zero-order valence-electron chi connectivity index (χ0n) is 15.1. The van der Waals surface area contributed by atoms with Gasteiger partial charge in [0.1, 0.15) is 23.9 Å². The molecule has 0 bridgehead atoms. The molecular weight excluding hydrogens is 398 g/mol. The minimum absolute atomic E-state index is 0.0664. The number of pyridine rings is 1. The first-order valence-corrected chi connectivity index (χ1v) is 8.95. The summed E-state index contributed by atoms with van der Waals surface area (Å²) in [5.41, 5.74) is -0.342. The lowest BCUT2D eigenvalue weighted by atomic mass is 10.2. The molecule has 0 fully saturated rings. The van der Waals surface area contributed by atoms with Crippen molar-refractivity contribution in [2.75, 3.05) is 0 Å². The second-order valence-electron chi connectivity index (χ2n) is 6.09. The van der Waals surface area contributed by atoms with Crippen LogP contribution in [0, 0.1) is 19.7 Å². The summed E-state index contributed by atoms with van der Waals surface area (Å²) in [4.78, 5) is 15.4. The minimum Gasteiger partial charge on any atom is -0.489 e. The Morgan fingerprint density at radius 2 is 1.93 bits per heavy atom. The quantitative estimate of drug-likeness (QED) is 0.414. The summed E-state index contributed by atoms with van der Waals surface area (Å²) in [6, 6.07) is 4.90. The van der Waals surface area contributed by atoms with Crippen LogP contribution in [-0.4, -0.2) is 11.0 Å². The average Bonchev–Trinajstić information content (AvgIpc) is 2.88. The van der Waals surface area contributed by atoms with Gasteiger partial charge >= 0.3 is 12.1 Å². The number of hydrogen-bond donors (Lipinski definition) is 0. The fourth-order valence-corrected chi connectivity index (χ4v) is 3.69. The Morgan fingerprint density at radius 3 is 2.54 bits per heavy atom. The summed E-state index contributed by atoms with van der Waals surface area (Å²) in [6.07, 6.45) is -4.52. The van der Waals surface area contributed by atoms with Crippen LogP contribution in [0.4, 0.5) is 17.6 Å². The lowest BCUT2D eigenvalue weighted by Crippen LogP contribution is -2.10. The van der Waals surface area contributed by atoms with Crippen LogP contribution < -0.4 is 9.47 Å². The number of thiophene rings is 1. The van der Waals surface area contributed by atoms with Crippen molar-refractivity contribution in [2.45, 2.75) is 33.6 Å². The molecule has 148 valence electrons. The molecule has 4 nitrogen and oxygen atoms in total. The monoisotopic (exact) mass is 413 g/mol. The van der Waals surface area contributed by atoms with Gasteiger partial charge < -0.3 is 9.47 Å². The summed E-state index contributed by atoms with van der Waals surface area (Å²) >= 11 is 1.24. The van der Waals surface area contributed by atoms with Gasteiger partial charge in [-0.1, -0.05) is 6.07 Å². The molecule has 9 heteroatoms. The molecule has 28 heavy (non-hydrogen) atoms. The fourth-order valence-electron chi connectivity index (χ4n) is 2.66. The minimum atomic E-state index is -4.52. The molecule has 0 spiro atoms. The molecule has 0 amide bonds. The highest BCUT2D eigenvalue weighted by Crippen LogP contribution is 2.41. The Balaban J connectivity index is 1.85. The van der Waals surface area contributed by atoms with Gasteiger partial charge in [-0.3, -0.25) is 4.79 Å². The molecule has 0 aliphatic rings. The van der Waals surface area contributed by atoms with Crippen LogP contribution in [0.25, 0.3) is 10.1 Å². The van der Waals surface area contributed by atoms with Crippen molar-refractivity contribution in [1.82, 2.24) is 4.98 Å². The highest BCUT2D eigenvalue weighted by molar-refractivity contribution is 7.19. The van der Waals surface area contributed by atoms with Crippen LogP contribution >= 0.6 is 11.3 Å². The topological polar surface area (TPSA) is 48.4 Å². The second-order valence-corrected chi connectivity index (χ2v) is 7.34. The molecule has 0 N–H and O–H groups in total. The largest absolute Gasteiger partial charge is 0.489 e. The molecule has 2 aromatic heterocycles. The Labute approximate surface area is 161 Å². The number of aryl methyl sites for hydroxylation is 2. The van der Waals surface area contributed by atoms with Crippen molar-refractivity contribution in [3.8, 4) is 11.5 Å². The predicted molar refractivity (Wildman–Crippen MR) is 96.1 cm³/mol. The molecule has 1 aromatic carbocycles. The number of nitrogens with zero attached hydrogens (tertiary/aromatic N) is 1. The lowest BCUT2D eigenvalue weighted by Gasteiger charge is -2.11. The van der Waals surface area contributed by atoms with E-state index in [4.69, 9.17) is 9.47 Å². The summed E-state index contributed by atoms with van der Waals surface area (Å²) in [6.45, 7) is 4.33. The molecule has 0 aliphatic heterocycles. The Morgan fingerprint density at radius 1 is 1.21 bits per heavy atom. The second kappa shape index (κ2) is 7.38. The van der Waals surface area contributed by atoms with Crippen LogP contribution in [0.1, 0.15) is 28.8 Å². The average molecular weight is 413 g/mol. The number of ether oxygens (including phenoxy) is 2. The predicted octanol–water partition coefficient (Wildman–Crippen LogP) is 5.58. The van der Waals surface area contributed by atoms with Crippen molar-refractivity contribution in [3.63, 3.8) is 0 Å². The van der Waals surface area contributed by atoms with Crippen LogP contribution in [0.5, 0.6) is 11.5 Å². The maximum Gasteiger partial charge on any atom is 0.433 e. The molecule has 0 atom stereocenters. The third-order valence-corrected chi connectivity index (χ3v) is 5.00. The molecule has 3 rings (SSSR count). The Hall–Kier alpha value is -2.68. The maximum absolute atomic E-state index is 14.6. The summed E-state index contributed by atoms with van der Waals surface area (Å²) in [5, 5.41) is 0.192. The van der Waals surface area contributed by atoms with Gasteiger partial charge in [0, 0.05) is 33.8 Å². The van der Waals surface area contributed by atoms with Crippen LogP contribution in [0.2, 0.25) is 0 Å². The molecule has 3 aromatic rings. The number of halogens is 4. The van der Waals surface area contributed by atoms with Gasteiger partial charge in [-0.05, 0) is 26.0 Å². The van der Waals surface area contributed by atoms with Gasteiger partial charge in [0.05, 0.1) is 5.39 Å². The normalized spacial score (nSPS) is 11.7. The first-order chi connectivity index (χ1) is 13.1. The number of hydrogen-bond acceptors (Lipinski definition) is 5. The van der Waals surface area contributed by atoms with E-state index in [-0.39, 0.29) is 29.2 Å². The van der Waals surface area contributed by atoms with Crippen molar-refractivity contribution < 1.29 is 31.8 Å². The van der Waals surface area contributed by atoms with Crippen molar-refractivity contribution >= 4 is 27.4 Å². The molecule has 0 unspecified atom stereocenters. The molecule has 2 heterocycles. The summed E-state index contributed by atoms with van der Waals surface area (Å²) in [7, 11) is 0. The van der Waals surface area contributed by atoms with Gasteiger partial charge in [-0.2, -0.15) is 13.2 Å². The van der Waals surface area contributed by atoms with Gasteiger partial charge in [-0.25, -0.2) is 9.37 Å². The lowest BCUT2D eigenvalue weighted by molar-refractivity contribution is -0.141. The van der Waals surface area contributed by atoms with Crippen LogP contribution in [-0.2, 0) is 17.6 Å². The van der Waals surface area contributed by atoms with E-state index in [1.807, 2.05) is 0 Å². The van der Waals surface area contributed by atoms with Gasteiger partial charge in [0.2, 0.25) is 0 Å². The van der Waals surface area contributed by atoms with E-state index in [2.05, 4.69) is 4.98 Å². The zero-order chi connectivity index (χ0) is 20.6. The molecular formula is C19H15F4NO3S. The fraction of sp³-hybridized carbons (Fsp3) is 0.263. The third kappa shape index (κ3) is 4.09. The first-order valence-electron chi connectivity index (χ1n) is 8.14. The SMILES string of the molecule is CC(=O)Oc1c(C)sc2cc(OCc3ccc(C(F)(F)F)nc3C)cc(F)c12. The van der Waals surface area contributed by atoms with Crippen molar-refractivity contribution in [1.29, 1.82) is 0 Å². The molecule has 0 aliphatic carbocycles. The van der Waals surface area contributed by atoms with E-state index in [1.165, 1.54) is 31.3 Å². The molecule has 0 saturated heterocycles. The van der Waals surface area contributed by atoms with Crippen LogP contribution in [0.3, 0.4) is 0 Å². The number of carbonyl (C=O) groups excluding carboxylic acids is 1. The zero-order valence-corrected chi connectivity index (χ0v) is 15.9. The van der Waals surface area contributed by atoms with Gasteiger partial charge in [0.15, 0.2) is 5.75 Å². The van der Waals surface area contributed by atoms with E-state index in [9.17, 15) is 22.4 Å². The van der Waals surface area contributed by atoms with E-state index < -0.39 is 23.7 Å². The summed E-state index contributed by atoms with van der Waals surface area (Å²) < 4.78 is 63.8. The van der Waals surface area contributed by atoms with Gasteiger partial charge in [0.25, 0.3) is 0 Å². The third-order valence-electron chi connectivity index (χ3n) is 3.96. The number of benzene rings is 1. The number of aromatic nitrogens is 1. The maximum atomic E-state index is 14.6. The number of esters is 1. The molecule has 0 radical (unpaired) electrons. The standard InChI is InChI=1S/C19H15F4NO3S/c1-9-12(4-5-16(24-9)19(21,22)23)8-26-13-6-14(20)17-15(7-13)28-10(2)18(17)27-11(3)25/h4-7H,8H2,1-3H3. The molecule has 0 saturated carbocycles. The number of carbonyl (C=O) groups is 1. The van der Waals surface area contributed by atoms with E-state index in [0.29, 0.717) is 15.1 Å². The van der Waals surface area contributed by atoms with Crippen LogP contribution in [0.15, 0.2) is 24.3 Å². The van der Waals surface area contributed by atoms with E-state index in [0.717, 1.165) is 12.1 Å². The van der Waals surface area contributed by atoms with E-state index >= 15 is 0 Å². The van der Waals surface area contributed by atoms with Crippen molar-refractivity contribution in [2.24, 2.45) is 0 Å². The first kappa shape index (κ1) is 20.1.